The smallest absolute Gasteiger partial charge is 0.276 e. The van der Waals surface area contributed by atoms with Crippen LogP contribution in [0.15, 0.2) is 10.7 Å². The fourth-order valence-corrected chi connectivity index (χ4v) is 3.62. The Labute approximate surface area is 145 Å². The molecule has 1 atom stereocenters. The van der Waals surface area contributed by atoms with Gasteiger partial charge in [0, 0.05) is 31.0 Å². The van der Waals surface area contributed by atoms with Crippen molar-refractivity contribution in [2.75, 3.05) is 13.1 Å². The Morgan fingerprint density at radius 3 is 2.92 bits per heavy atom. The molecule has 8 nitrogen and oxygen atoms in total. The minimum Gasteiger partial charge on any atom is -0.381 e. The van der Waals surface area contributed by atoms with Crippen LogP contribution in [0.1, 0.15) is 66.7 Å². The van der Waals surface area contributed by atoms with Gasteiger partial charge in [-0.2, -0.15) is 0 Å². The average molecular weight is 345 g/mol. The summed E-state index contributed by atoms with van der Waals surface area (Å²) in [6.45, 7) is 4.66. The third-order valence-electron chi connectivity index (χ3n) is 5.20. The van der Waals surface area contributed by atoms with E-state index in [-0.39, 0.29) is 18.5 Å². The first kappa shape index (κ1) is 16.3. The second-order valence-corrected chi connectivity index (χ2v) is 7.33. The summed E-state index contributed by atoms with van der Waals surface area (Å²) in [5.74, 6) is 0.669. The zero-order valence-electron chi connectivity index (χ0n) is 14.6. The summed E-state index contributed by atoms with van der Waals surface area (Å²) in [5, 5.41) is 23.1. The highest BCUT2D eigenvalue weighted by Gasteiger charge is 2.43. The van der Waals surface area contributed by atoms with Gasteiger partial charge in [-0.05, 0) is 33.1 Å². The number of fused-ring (bicyclic) bond motifs is 1. The molecule has 1 aliphatic carbocycles. The van der Waals surface area contributed by atoms with Crippen LogP contribution in [-0.4, -0.2) is 49.2 Å². The van der Waals surface area contributed by atoms with Crippen molar-refractivity contribution in [1.29, 1.82) is 0 Å². The summed E-state index contributed by atoms with van der Waals surface area (Å²) in [5.41, 5.74) is 0.702. The quantitative estimate of drug-likeness (QED) is 0.904. The Balaban J connectivity index is 1.53. The predicted octanol–water partition coefficient (Wildman–Crippen LogP) is 1.46. The number of nitrogens with zero attached hydrogens (tertiary/aromatic N) is 5. The maximum atomic E-state index is 12.9. The van der Waals surface area contributed by atoms with Gasteiger partial charge in [0.1, 0.15) is 17.1 Å². The lowest BCUT2D eigenvalue weighted by Crippen LogP contribution is -2.35. The molecule has 1 aliphatic heterocycles. The zero-order valence-corrected chi connectivity index (χ0v) is 14.6. The highest BCUT2D eigenvalue weighted by Crippen LogP contribution is 2.33. The number of aryl methyl sites for hydroxylation is 1. The molecule has 0 saturated carbocycles. The first-order valence-corrected chi connectivity index (χ1v) is 8.89. The molecule has 0 aromatic carbocycles. The molecular weight excluding hydrogens is 322 g/mol. The number of carbonyl (C=O) groups excluding carboxylic acids is 1. The van der Waals surface area contributed by atoms with Crippen molar-refractivity contribution in [3.8, 4) is 0 Å². The number of hydrogen-bond donors (Lipinski definition) is 1. The number of likely N-dealkylation sites (tertiary alicyclic amines) is 1. The molecule has 2 aliphatic rings. The second-order valence-electron chi connectivity index (χ2n) is 7.33. The third-order valence-corrected chi connectivity index (χ3v) is 5.20. The van der Waals surface area contributed by atoms with E-state index in [0.717, 1.165) is 37.0 Å². The summed E-state index contributed by atoms with van der Waals surface area (Å²) in [6, 6.07) is 0.172. The molecule has 3 heterocycles. The third kappa shape index (κ3) is 2.74. The lowest BCUT2D eigenvalue weighted by Gasteiger charge is -2.21. The van der Waals surface area contributed by atoms with Gasteiger partial charge in [0.25, 0.3) is 5.91 Å². The molecule has 2 aromatic rings. The molecule has 0 bridgehead atoms. The first-order chi connectivity index (χ1) is 12.0. The number of hydrogen-bond acceptors (Lipinski definition) is 6. The van der Waals surface area contributed by atoms with Crippen LogP contribution in [0.3, 0.4) is 0 Å². The van der Waals surface area contributed by atoms with Crippen molar-refractivity contribution in [2.45, 2.75) is 57.6 Å². The normalized spacial score (nSPS) is 23.3. The molecule has 1 unspecified atom stereocenters. The summed E-state index contributed by atoms with van der Waals surface area (Å²) >= 11 is 0. The first-order valence-electron chi connectivity index (χ1n) is 8.89. The van der Waals surface area contributed by atoms with Crippen molar-refractivity contribution in [3.05, 3.63) is 28.9 Å². The van der Waals surface area contributed by atoms with Crippen LogP contribution in [0.4, 0.5) is 0 Å². The van der Waals surface area contributed by atoms with Crippen LogP contribution in [0.5, 0.6) is 0 Å². The molecule has 1 fully saturated rings. The van der Waals surface area contributed by atoms with Crippen LogP contribution in [0.25, 0.3) is 0 Å². The highest BCUT2D eigenvalue weighted by atomic mass is 16.5. The Kier molecular flexibility index (Phi) is 3.87. The van der Waals surface area contributed by atoms with Gasteiger partial charge in [0.2, 0.25) is 0 Å². The van der Waals surface area contributed by atoms with Gasteiger partial charge >= 0.3 is 0 Å². The molecule has 134 valence electrons. The van der Waals surface area contributed by atoms with Gasteiger partial charge in [-0.25, -0.2) is 4.68 Å². The molecule has 0 radical (unpaired) electrons. The monoisotopic (exact) mass is 345 g/mol. The van der Waals surface area contributed by atoms with Gasteiger partial charge < -0.3 is 14.5 Å². The largest absolute Gasteiger partial charge is 0.381 e. The number of aliphatic hydroxyl groups is 1. The van der Waals surface area contributed by atoms with Crippen LogP contribution in [-0.2, 0) is 18.4 Å². The second kappa shape index (κ2) is 5.94. The summed E-state index contributed by atoms with van der Waals surface area (Å²) in [4.78, 5) is 14.5. The summed E-state index contributed by atoms with van der Waals surface area (Å²) in [6.07, 6.45) is 6.01. The van der Waals surface area contributed by atoms with Crippen molar-refractivity contribution >= 4 is 5.91 Å². The van der Waals surface area contributed by atoms with E-state index in [9.17, 15) is 9.90 Å². The Morgan fingerprint density at radius 2 is 2.16 bits per heavy atom. The predicted molar refractivity (Wildman–Crippen MR) is 88.0 cm³/mol. The molecule has 25 heavy (non-hydrogen) atoms. The highest BCUT2D eigenvalue weighted by molar-refractivity contribution is 5.94. The van der Waals surface area contributed by atoms with Crippen molar-refractivity contribution in [1.82, 2.24) is 25.1 Å². The Morgan fingerprint density at radius 1 is 1.36 bits per heavy atom. The van der Waals surface area contributed by atoms with E-state index in [1.165, 1.54) is 0 Å². The van der Waals surface area contributed by atoms with Crippen molar-refractivity contribution in [2.24, 2.45) is 0 Å². The van der Waals surface area contributed by atoms with Gasteiger partial charge in [-0.1, -0.05) is 10.4 Å². The summed E-state index contributed by atoms with van der Waals surface area (Å²) in [7, 11) is 0. The molecule has 4 rings (SSSR count). The minimum absolute atomic E-state index is 0.168. The lowest BCUT2D eigenvalue weighted by molar-refractivity contribution is 0.0378. The number of β-amino-alcohol motifs (C(OH)–C–C–N with tert-alkyl or cyclic N) is 1. The SMILES string of the molecule is CC(C)n1cc(C2(O)CCN(C(=O)c3noc4c3CCCC4)C2)nn1. The fourth-order valence-electron chi connectivity index (χ4n) is 3.62. The zero-order chi connectivity index (χ0) is 17.6. The van der Waals surface area contributed by atoms with Crippen molar-refractivity contribution < 1.29 is 14.4 Å². The van der Waals surface area contributed by atoms with E-state index in [0.29, 0.717) is 24.4 Å². The molecule has 0 spiro atoms. The standard InChI is InChI=1S/C17H23N5O3/c1-11(2)22-9-14(18-20-22)17(24)7-8-21(10-17)16(23)15-12-5-3-4-6-13(12)25-19-15/h9,11,24H,3-8,10H2,1-2H3. The summed E-state index contributed by atoms with van der Waals surface area (Å²) < 4.78 is 7.06. The van der Waals surface area contributed by atoms with Crippen LogP contribution < -0.4 is 0 Å². The lowest BCUT2D eigenvalue weighted by atomic mass is 9.96. The fraction of sp³-hybridized carbons (Fsp3) is 0.647. The van der Waals surface area contributed by atoms with E-state index in [1.807, 2.05) is 13.8 Å². The maximum Gasteiger partial charge on any atom is 0.276 e. The van der Waals surface area contributed by atoms with E-state index in [4.69, 9.17) is 4.52 Å². The molecular formula is C17H23N5O3. The van der Waals surface area contributed by atoms with E-state index < -0.39 is 5.60 Å². The van der Waals surface area contributed by atoms with Gasteiger partial charge in [-0.15, -0.1) is 5.10 Å². The van der Waals surface area contributed by atoms with Gasteiger partial charge in [-0.3, -0.25) is 4.79 Å². The van der Waals surface area contributed by atoms with E-state index in [1.54, 1.807) is 15.8 Å². The number of amides is 1. The van der Waals surface area contributed by atoms with Crippen LogP contribution in [0, 0.1) is 0 Å². The maximum absolute atomic E-state index is 12.9. The topological polar surface area (TPSA) is 97.3 Å². The molecule has 2 aromatic heterocycles. The van der Waals surface area contributed by atoms with Crippen LogP contribution in [0.2, 0.25) is 0 Å². The Hall–Kier alpha value is -2.22. The molecule has 1 amide bonds. The van der Waals surface area contributed by atoms with Gasteiger partial charge in [0.05, 0.1) is 12.7 Å². The van der Waals surface area contributed by atoms with E-state index in [2.05, 4.69) is 15.5 Å². The average Bonchev–Trinajstić information content (AvgIpc) is 3.32. The minimum atomic E-state index is -1.16. The molecule has 8 heteroatoms. The van der Waals surface area contributed by atoms with Gasteiger partial charge in [0.15, 0.2) is 5.69 Å². The number of aromatic nitrogens is 4. The molecule has 1 saturated heterocycles. The number of carbonyl (C=O) groups is 1. The number of rotatable bonds is 3. The molecule has 1 N–H and O–H groups in total. The van der Waals surface area contributed by atoms with Crippen LogP contribution >= 0.6 is 0 Å². The van der Waals surface area contributed by atoms with Crippen molar-refractivity contribution in [3.63, 3.8) is 0 Å². The van der Waals surface area contributed by atoms with E-state index >= 15 is 0 Å². The Bertz CT molecular complexity index is 796.